The highest BCUT2D eigenvalue weighted by molar-refractivity contribution is 7.89. The summed E-state index contributed by atoms with van der Waals surface area (Å²) in [5.41, 5.74) is 0.979. The van der Waals surface area contributed by atoms with Crippen molar-refractivity contribution in [2.24, 2.45) is 0 Å². The highest BCUT2D eigenvalue weighted by Crippen LogP contribution is 2.13. The van der Waals surface area contributed by atoms with Gasteiger partial charge < -0.3 is 0 Å². The third-order valence-corrected chi connectivity index (χ3v) is 4.16. The molecule has 0 bridgehead atoms. The normalized spacial score (nSPS) is 11.0. The number of benzene rings is 1. The van der Waals surface area contributed by atoms with Crippen molar-refractivity contribution in [3.8, 4) is 0 Å². The number of carbonyl (C=O) groups excluding carboxylic acids is 1. The van der Waals surface area contributed by atoms with Crippen molar-refractivity contribution in [3.63, 3.8) is 0 Å². The topological polar surface area (TPSA) is 54.5 Å². The fourth-order valence-corrected chi connectivity index (χ4v) is 2.48. The monoisotopic (exact) mass is 267 g/mol. The van der Waals surface area contributed by atoms with Gasteiger partial charge in [-0.1, -0.05) is 36.9 Å². The molecule has 0 saturated carbocycles. The second-order valence-corrected chi connectivity index (χ2v) is 6.16. The third kappa shape index (κ3) is 3.43. The van der Waals surface area contributed by atoms with Crippen molar-refractivity contribution < 1.29 is 13.2 Å². The Morgan fingerprint density at radius 3 is 2.28 bits per heavy atom. The van der Waals surface area contributed by atoms with E-state index in [1.54, 1.807) is 24.3 Å². The van der Waals surface area contributed by atoms with Gasteiger partial charge in [0.15, 0.2) is 0 Å². The molecule has 1 aromatic rings. The van der Waals surface area contributed by atoms with Gasteiger partial charge in [-0.05, 0) is 19.4 Å². The zero-order valence-electron chi connectivity index (χ0n) is 10.6. The van der Waals surface area contributed by atoms with E-state index in [0.29, 0.717) is 0 Å². The summed E-state index contributed by atoms with van der Waals surface area (Å²) in [4.78, 5) is 11.9. The van der Waals surface area contributed by atoms with E-state index in [1.165, 1.54) is 13.8 Å². The van der Waals surface area contributed by atoms with E-state index in [2.05, 4.69) is 6.58 Å². The molecule has 0 aromatic heterocycles. The molecule has 0 spiro atoms. The Morgan fingerprint density at radius 1 is 1.28 bits per heavy atom. The van der Waals surface area contributed by atoms with Crippen LogP contribution in [0, 0.1) is 0 Å². The lowest BCUT2D eigenvalue weighted by Crippen LogP contribution is -2.37. The molecule has 0 aliphatic carbocycles. The van der Waals surface area contributed by atoms with Crippen molar-refractivity contribution in [2.45, 2.75) is 20.4 Å². The number of rotatable bonds is 5. The smallest absolute Gasteiger partial charge is 0.262 e. The third-order valence-electron chi connectivity index (χ3n) is 2.46. The van der Waals surface area contributed by atoms with Gasteiger partial charge in [0.1, 0.15) is 0 Å². The summed E-state index contributed by atoms with van der Waals surface area (Å²) in [7, 11) is -3.58. The zero-order valence-corrected chi connectivity index (χ0v) is 11.4. The summed E-state index contributed by atoms with van der Waals surface area (Å²) in [6.07, 6.45) is 0. The largest absolute Gasteiger partial charge is 0.268 e. The van der Waals surface area contributed by atoms with Gasteiger partial charge in [-0.3, -0.25) is 4.79 Å². The van der Waals surface area contributed by atoms with Crippen LogP contribution in [0.5, 0.6) is 0 Å². The molecule has 1 rings (SSSR count). The maximum Gasteiger partial charge on any atom is 0.262 e. The Bertz CT molecular complexity index is 535. The Kier molecular flexibility index (Phi) is 4.67. The van der Waals surface area contributed by atoms with Crippen LogP contribution in [0.25, 0.3) is 0 Å². The molecular weight excluding hydrogens is 250 g/mol. The van der Waals surface area contributed by atoms with Crippen molar-refractivity contribution >= 4 is 15.9 Å². The Hall–Kier alpha value is -1.62. The van der Waals surface area contributed by atoms with E-state index in [4.69, 9.17) is 0 Å². The fourth-order valence-electron chi connectivity index (χ4n) is 1.41. The predicted octanol–water partition coefficient (Wildman–Crippen LogP) is 1.94. The van der Waals surface area contributed by atoms with Gasteiger partial charge in [-0.15, -0.1) is 0 Å². The summed E-state index contributed by atoms with van der Waals surface area (Å²) < 4.78 is 24.7. The maximum atomic E-state index is 11.9. The summed E-state index contributed by atoms with van der Waals surface area (Å²) in [6.45, 7) is 6.57. The van der Waals surface area contributed by atoms with Crippen LogP contribution in [-0.4, -0.2) is 24.4 Å². The molecule has 0 aliphatic heterocycles. The van der Waals surface area contributed by atoms with Crippen molar-refractivity contribution in [1.82, 2.24) is 4.31 Å². The molecule has 98 valence electrons. The summed E-state index contributed by atoms with van der Waals surface area (Å²) in [5.74, 6) is -0.667. The van der Waals surface area contributed by atoms with Gasteiger partial charge in [0.2, 0.25) is 10.0 Å². The van der Waals surface area contributed by atoms with E-state index in [1.807, 2.05) is 6.07 Å². The Balaban J connectivity index is 3.07. The minimum Gasteiger partial charge on any atom is -0.268 e. The lowest BCUT2D eigenvalue weighted by atomic mass is 10.2. The molecule has 0 heterocycles. The highest BCUT2D eigenvalue weighted by atomic mass is 32.2. The van der Waals surface area contributed by atoms with Crippen LogP contribution in [0.4, 0.5) is 0 Å². The molecule has 0 fully saturated rings. The highest BCUT2D eigenvalue weighted by Gasteiger charge is 2.26. The molecule has 0 unspecified atom stereocenters. The predicted molar refractivity (Wildman–Crippen MR) is 71.3 cm³/mol. The average Bonchev–Trinajstić information content (AvgIpc) is 2.36. The first-order valence-electron chi connectivity index (χ1n) is 5.62. The van der Waals surface area contributed by atoms with Gasteiger partial charge in [0.05, 0.1) is 12.3 Å². The summed E-state index contributed by atoms with van der Waals surface area (Å²) in [6, 6.07) is 9.01. The van der Waals surface area contributed by atoms with Crippen molar-refractivity contribution in [3.05, 3.63) is 48.0 Å². The number of amides is 1. The minimum absolute atomic E-state index is 0.0444. The van der Waals surface area contributed by atoms with Gasteiger partial charge in [-0.25, -0.2) is 12.7 Å². The van der Waals surface area contributed by atoms with Crippen molar-refractivity contribution in [2.75, 3.05) is 5.75 Å². The molecule has 18 heavy (non-hydrogen) atoms. The average molecular weight is 267 g/mol. The van der Waals surface area contributed by atoms with E-state index in [0.717, 1.165) is 9.87 Å². The van der Waals surface area contributed by atoms with Crippen LogP contribution in [0.3, 0.4) is 0 Å². The maximum absolute atomic E-state index is 11.9. The first-order chi connectivity index (χ1) is 8.38. The van der Waals surface area contributed by atoms with Gasteiger partial charge in [0, 0.05) is 5.57 Å². The molecule has 0 radical (unpaired) electrons. The quantitative estimate of drug-likeness (QED) is 0.766. The Labute approximate surface area is 108 Å². The van der Waals surface area contributed by atoms with Crippen LogP contribution in [0.2, 0.25) is 0 Å². The van der Waals surface area contributed by atoms with E-state index in [9.17, 15) is 13.2 Å². The van der Waals surface area contributed by atoms with Crippen LogP contribution in [0.15, 0.2) is 42.5 Å². The van der Waals surface area contributed by atoms with E-state index < -0.39 is 15.9 Å². The van der Waals surface area contributed by atoms with Crippen LogP contribution < -0.4 is 0 Å². The Morgan fingerprint density at radius 2 is 1.83 bits per heavy atom. The van der Waals surface area contributed by atoms with Crippen LogP contribution in [-0.2, 0) is 21.4 Å². The lowest BCUT2D eigenvalue weighted by molar-refractivity contribution is -0.122. The van der Waals surface area contributed by atoms with Gasteiger partial charge in [0.25, 0.3) is 5.91 Å². The molecule has 5 heteroatoms. The second kappa shape index (κ2) is 5.82. The van der Waals surface area contributed by atoms with Crippen molar-refractivity contribution in [1.29, 1.82) is 0 Å². The second-order valence-electron chi connectivity index (χ2n) is 3.98. The molecule has 1 aromatic carbocycles. The first-order valence-corrected chi connectivity index (χ1v) is 7.23. The molecule has 0 N–H and O–H groups in total. The summed E-state index contributed by atoms with van der Waals surface area (Å²) >= 11 is 0. The first kappa shape index (κ1) is 14.4. The van der Waals surface area contributed by atoms with E-state index in [-0.39, 0.29) is 17.9 Å². The molecule has 0 saturated heterocycles. The zero-order chi connectivity index (χ0) is 13.8. The van der Waals surface area contributed by atoms with E-state index >= 15 is 0 Å². The molecule has 1 amide bonds. The molecule has 4 nitrogen and oxygen atoms in total. The molecule has 0 atom stereocenters. The number of hydrogen-bond donors (Lipinski definition) is 0. The van der Waals surface area contributed by atoms with Crippen LogP contribution >= 0.6 is 0 Å². The molecular formula is C13H17NO3S. The fraction of sp³-hybridized carbons (Fsp3) is 0.308. The number of hydrogen-bond acceptors (Lipinski definition) is 3. The van der Waals surface area contributed by atoms with Crippen LogP contribution in [0.1, 0.15) is 19.4 Å². The standard InChI is InChI=1S/C13H17NO3S/c1-4-18(16,17)14(13(15)11(2)3)10-12-8-6-5-7-9-12/h5-9H,2,4,10H2,1,3H3. The van der Waals surface area contributed by atoms with Gasteiger partial charge >= 0.3 is 0 Å². The minimum atomic E-state index is -3.58. The lowest BCUT2D eigenvalue weighted by Gasteiger charge is -2.21. The number of carbonyl (C=O) groups is 1. The summed E-state index contributed by atoms with van der Waals surface area (Å²) in [5, 5.41) is 0. The SMILES string of the molecule is C=C(C)C(=O)N(Cc1ccccc1)S(=O)(=O)CC. The van der Waals surface area contributed by atoms with Gasteiger partial charge in [-0.2, -0.15) is 0 Å². The number of nitrogens with zero attached hydrogens (tertiary/aromatic N) is 1. The number of sulfonamides is 1. The molecule has 0 aliphatic rings.